The molecule has 0 spiro atoms. The maximum atomic E-state index is 12.6. The van der Waals surface area contributed by atoms with Crippen LogP contribution in [0.25, 0.3) is 21.5 Å². The summed E-state index contributed by atoms with van der Waals surface area (Å²) >= 11 is 0. The summed E-state index contributed by atoms with van der Waals surface area (Å²) in [7, 11) is 0. The fourth-order valence-electron chi connectivity index (χ4n) is 2.61. The Balaban J connectivity index is 2.44. The number of carboxylic acid groups (broad SMARTS) is 1. The summed E-state index contributed by atoms with van der Waals surface area (Å²) in [6.45, 7) is 1.54. The SMILES string of the molecule is C[C@H](C(=O)O)c1cc(O)c2c(=O)c3ccccc3ccc2c1. The van der Waals surface area contributed by atoms with Crippen molar-refractivity contribution in [2.24, 2.45) is 0 Å². The van der Waals surface area contributed by atoms with E-state index in [1.54, 1.807) is 37.3 Å². The molecule has 0 heterocycles. The molecule has 0 aliphatic heterocycles. The molecular formula is C18H14O4. The molecule has 22 heavy (non-hydrogen) atoms. The van der Waals surface area contributed by atoms with Crippen molar-refractivity contribution in [1.82, 2.24) is 0 Å². The zero-order valence-electron chi connectivity index (χ0n) is 11.9. The second-order valence-electron chi connectivity index (χ2n) is 5.31. The number of rotatable bonds is 2. The Hall–Kier alpha value is -2.88. The first-order valence-corrected chi connectivity index (χ1v) is 6.90. The average Bonchev–Trinajstić information content (AvgIpc) is 2.64. The van der Waals surface area contributed by atoms with Gasteiger partial charge >= 0.3 is 5.97 Å². The molecular weight excluding hydrogens is 280 g/mol. The number of carboxylic acids is 1. The molecule has 3 aromatic rings. The number of hydrogen-bond acceptors (Lipinski definition) is 3. The number of carbonyl (C=O) groups is 1. The Morgan fingerprint density at radius 3 is 2.45 bits per heavy atom. The lowest BCUT2D eigenvalue weighted by Gasteiger charge is -2.08. The molecule has 0 aliphatic carbocycles. The van der Waals surface area contributed by atoms with Gasteiger partial charge in [0.15, 0.2) is 5.43 Å². The Kier molecular flexibility index (Phi) is 3.29. The molecule has 0 saturated heterocycles. The quantitative estimate of drug-likeness (QED) is 0.761. The number of aliphatic carboxylic acids is 1. The van der Waals surface area contributed by atoms with E-state index in [0.717, 1.165) is 5.39 Å². The molecule has 0 radical (unpaired) electrons. The standard InChI is InChI=1S/C18H14O4/c1-10(18(21)22)13-8-12-7-6-11-4-2-3-5-14(11)17(20)16(12)15(19)9-13/h2-10,19H,1H3,(H,21,22)/t10-/m0/s1. The van der Waals surface area contributed by atoms with Crippen molar-refractivity contribution in [3.05, 3.63) is 64.3 Å². The van der Waals surface area contributed by atoms with Gasteiger partial charge in [-0.25, -0.2) is 0 Å². The van der Waals surface area contributed by atoms with Gasteiger partial charge in [0.2, 0.25) is 0 Å². The molecule has 0 unspecified atom stereocenters. The summed E-state index contributed by atoms with van der Waals surface area (Å²) in [5.41, 5.74) is 0.204. The number of aromatic hydroxyl groups is 1. The van der Waals surface area contributed by atoms with Gasteiger partial charge in [-0.2, -0.15) is 0 Å². The van der Waals surface area contributed by atoms with Gasteiger partial charge in [0, 0.05) is 5.39 Å². The van der Waals surface area contributed by atoms with Gasteiger partial charge in [-0.1, -0.05) is 36.4 Å². The number of phenols is 1. The molecule has 0 aromatic heterocycles. The summed E-state index contributed by atoms with van der Waals surface area (Å²) in [5, 5.41) is 21.4. The van der Waals surface area contributed by atoms with Crippen LogP contribution in [0, 0.1) is 0 Å². The highest BCUT2D eigenvalue weighted by molar-refractivity contribution is 5.97. The molecule has 2 N–H and O–H groups in total. The molecule has 0 saturated carbocycles. The lowest BCUT2D eigenvalue weighted by molar-refractivity contribution is -0.138. The lowest BCUT2D eigenvalue weighted by atomic mass is 9.98. The number of benzene rings is 2. The van der Waals surface area contributed by atoms with E-state index in [1.165, 1.54) is 6.07 Å². The molecule has 3 aromatic carbocycles. The zero-order valence-corrected chi connectivity index (χ0v) is 11.9. The Morgan fingerprint density at radius 2 is 1.73 bits per heavy atom. The molecule has 1 atom stereocenters. The second-order valence-corrected chi connectivity index (χ2v) is 5.31. The maximum absolute atomic E-state index is 12.6. The summed E-state index contributed by atoms with van der Waals surface area (Å²) in [6.07, 6.45) is 0. The van der Waals surface area contributed by atoms with Crippen molar-refractivity contribution < 1.29 is 15.0 Å². The number of hydrogen-bond donors (Lipinski definition) is 2. The van der Waals surface area contributed by atoms with Gasteiger partial charge < -0.3 is 10.2 Å². The summed E-state index contributed by atoms with van der Waals surface area (Å²) < 4.78 is 0. The van der Waals surface area contributed by atoms with Crippen LogP contribution in [-0.2, 0) is 4.79 Å². The van der Waals surface area contributed by atoms with Crippen molar-refractivity contribution in [2.75, 3.05) is 0 Å². The minimum absolute atomic E-state index is 0.188. The van der Waals surface area contributed by atoms with Crippen LogP contribution in [0.1, 0.15) is 18.4 Å². The van der Waals surface area contributed by atoms with Crippen LogP contribution in [0.3, 0.4) is 0 Å². The van der Waals surface area contributed by atoms with Crippen molar-refractivity contribution in [3.63, 3.8) is 0 Å². The number of phenolic OH excluding ortho intramolecular Hbond substituents is 1. The predicted octanol–water partition coefficient (Wildman–Crippen LogP) is 3.25. The summed E-state index contributed by atoms with van der Waals surface area (Å²) in [4.78, 5) is 23.8. The first kappa shape index (κ1) is 14.1. The van der Waals surface area contributed by atoms with Gasteiger partial charge in [0.05, 0.1) is 11.3 Å². The van der Waals surface area contributed by atoms with E-state index in [-0.39, 0.29) is 16.6 Å². The zero-order chi connectivity index (χ0) is 15.9. The summed E-state index contributed by atoms with van der Waals surface area (Å²) in [5.74, 6) is -1.93. The number of fused-ring (bicyclic) bond motifs is 2. The lowest BCUT2D eigenvalue weighted by Crippen LogP contribution is -2.08. The molecule has 0 bridgehead atoms. The van der Waals surface area contributed by atoms with Crippen LogP contribution in [-0.4, -0.2) is 16.2 Å². The highest BCUT2D eigenvalue weighted by Gasteiger charge is 2.17. The third kappa shape index (κ3) is 2.19. The second kappa shape index (κ2) is 5.15. The van der Waals surface area contributed by atoms with Crippen molar-refractivity contribution >= 4 is 27.5 Å². The van der Waals surface area contributed by atoms with Crippen LogP contribution >= 0.6 is 0 Å². The Bertz CT molecular complexity index is 960. The molecule has 110 valence electrons. The predicted molar refractivity (Wildman–Crippen MR) is 85.4 cm³/mol. The van der Waals surface area contributed by atoms with Crippen LogP contribution in [0.15, 0.2) is 53.3 Å². The molecule has 0 amide bonds. The molecule has 0 fully saturated rings. The molecule has 3 rings (SSSR count). The largest absolute Gasteiger partial charge is 0.507 e. The van der Waals surface area contributed by atoms with E-state index >= 15 is 0 Å². The topological polar surface area (TPSA) is 74.6 Å². The minimum Gasteiger partial charge on any atom is -0.507 e. The average molecular weight is 294 g/mol. The molecule has 4 heteroatoms. The van der Waals surface area contributed by atoms with Gasteiger partial charge in [-0.3, -0.25) is 9.59 Å². The maximum Gasteiger partial charge on any atom is 0.310 e. The Morgan fingerprint density at radius 1 is 1.05 bits per heavy atom. The van der Waals surface area contributed by atoms with Gasteiger partial charge in [-0.05, 0) is 35.4 Å². The van der Waals surface area contributed by atoms with Crippen LogP contribution in [0.5, 0.6) is 5.75 Å². The van der Waals surface area contributed by atoms with E-state index in [0.29, 0.717) is 16.3 Å². The van der Waals surface area contributed by atoms with E-state index in [9.17, 15) is 14.7 Å². The third-order valence-corrected chi connectivity index (χ3v) is 3.92. The highest BCUT2D eigenvalue weighted by Crippen LogP contribution is 2.28. The fraction of sp³-hybridized carbons (Fsp3) is 0.111. The van der Waals surface area contributed by atoms with E-state index in [4.69, 9.17) is 5.11 Å². The van der Waals surface area contributed by atoms with Crippen molar-refractivity contribution in [1.29, 1.82) is 0 Å². The van der Waals surface area contributed by atoms with E-state index < -0.39 is 11.9 Å². The third-order valence-electron chi connectivity index (χ3n) is 3.92. The normalized spacial score (nSPS) is 12.4. The van der Waals surface area contributed by atoms with Gasteiger partial charge in [-0.15, -0.1) is 0 Å². The minimum atomic E-state index is -0.980. The van der Waals surface area contributed by atoms with E-state index in [2.05, 4.69) is 0 Å². The van der Waals surface area contributed by atoms with Gasteiger partial charge in [0.1, 0.15) is 5.75 Å². The highest BCUT2D eigenvalue weighted by atomic mass is 16.4. The van der Waals surface area contributed by atoms with Crippen LogP contribution < -0.4 is 5.43 Å². The van der Waals surface area contributed by atoms with Crippen molar-refractivity contribution in [2.45, 2.75) is 12.8 Å². The van der Waals surface area contributed by atoms with Gasteiger partial charge in [0.25, 0.3) is 0 Å². The van der Waals surface area contributed by atoms with Crippen LogP contribution in [0.4, 0.5) is 0 Å². The van der Waals surface area contributed by atoms with Crippen molar-refractivity contribution in [3.8, 4) is 5.75 Å². The first-order chi connectivity index (χ1) is 10.5. The first-order valence-electron chi connectivity index (χ1n) is 6.90. The smallest absolute Gasteiger partial charge is 0.310 e. The molecule has 0 aliphatic rings. The molecule has 4 nitrogen and oxygen atoms in total. The monoisotopic (exact) mass is 294 g/mol. The van der Waals surface area contributed by atoms with Crippen LogP contribution in [0.2, 0.25) is 0 Å². The van der Waals surface area contributed by atoms with E-state index in [1.807, 2.05) is 12.1 Å². The fourth-order valence-corrected chi connectivity index (χ4v) is 2.61. The summed E-state index contributed by atoms with van der Waals surface area (Å²) in [6, 6.07) is 13.7. The Labute approximate surface area is 126 Å².